The van der Waals surface area contributed by atoms with Crippen molar-refractivity contribution in [1.82, 2.24) is 4.90 Å². The molecule has 1 aromatic heterocycles. The van der Waals surface area contributed by atoms with Gasteiger partial charge in [0.05, 0.1) is 19.2 Å². The number of benzene rings is 1. The lowest BCUT2D eigenvalue weighted by Gasteiger charge is -2.34. The average molecular weight is 367 g/mol. The van der Waals surface area contributed by atoms with Gasteiger partial charge in [-0.15, -0.1) is 0 Å². The summed E-state index contributed by atoms with van der Waals surface area (Å²) in [4.78, 5) is 29.0. The Morgan fingerprint density at radius 1 is 1.33 bits per heavy atom. The van der Waals surface area contributed by atoms with Crippen molar-refractivity contribution in [1.29, 1.82) is 0 Å². The predicted molar refractivity (Wildman–Crippen MR) is 102 cm³/mol. The van der Waals surface area contributed by atoms with Gasteiger partial charge < -0.3 is 20.0 Å². The van der Waals surface area contributed by atoms with E-state index < -0.39 is 0 Å². The number of furan rings is 1. The first-order chi connectivity index (χ1) is 13.0. The summed E-state index contributed by atoms with van der Waals surface area (Å²) >= 11 is 0. The van der Waals surface area contributed by atoms with E-state index in [0.29, 0.717) is 37.7 Å². The Balaban J connectivity index is 1.53. The largest absolute Gasteiger partial charge is 0.459 e. The zero-order valence-corrected chi connectivity index (χ0v) is 15.6. The van der Waals surface area contributed by atoms with E-state index in [9.17, 15) is 9.59 Å². The van der Waals surface area contributed by atoms with Gasteiger partial charge in [0.1, 0.15) is 0 Å². The number of para-hydroxylation sites is 1. The summed E-state index contributed by atoms with van der Waals surface area (Å²) in [6, 6.07) is 9.63. The minimum Gasteiger partial charge on any atom is -0.459 e. The molecule has 0 aliphatic carbocycles. The molecule has 27 heavy (non-hydrogen) atoms. The maximum Gasteiger partial charge on any atom is 0.289 e. The van der Waals surface area contributed by atoms with E-state index in [0.717, 1.165) is 29.7 Å². The summed E-state index contributed by atoms with van der Waals surface area (Å²) < 4.78 is 5.55. The highest BCUT2D eigenvalue weighted by molar-refractivity contribution is 6.01. The molecule has 2 aliphatic rings. The van der Waals surface area contributed by atoms with Crippen LogP contribution in [0.4, 0.5) is 5.69 Å². The lowest BCUT2D eigenvalue weighted by molar-refractivity contribution is -0.117. The SMILES string of the molecule is CC(N)C1CCCN(C(=O)c2occc2CN2C(=O)Cc3ccccc32)C1. The summed E-state index contributed by atoms with van der Waals surface area (Å²) in [7, 11) is 0. The van der Waals surface area contributed by atoms with Crippen LogP contribution in [-0.2, 0) is 17.8 Å². The van der Waals surface area contributed by atoms with Gasteiger partial charge in [-0.3, -0.25) is 9.59 Å². The molecule has 0 saturated carbocycles. The fraction of sp³-hybridized carbons (Fsp3) is 0.429. The minimum atomic E-state index is -0.111. The van der Waals surface area contributed by atoms with Gasteiger partial charge in [-0.05, 0) is 43.4 Å². The molecule has 2 atom stereocenters. The maximum absolute atomic E-state index is 13.0. The molecule has 2 unspecified atom stereocenters. The molecule has 2 aliphatic heterocycles. The van der Waals surface area contributed by atoms with Crippen molar-refractivity contribution in [2.45, 2.75) is 38.8 Å². The van der Waals surface area contributed by atoms with Crippen molar-refractivity contribution in [3.8, 4) is 0 Å². The molecule has 2 aromatic rings. The summed E-state index contributed by atoms with van der Waals surface area (Å²) in [5.41, 5.74) is 8.72. The Kier molecular flexibility index (Phi) is 4.74. The number of carbonyl (C=O) groups excluding carboxylic acids is 2. The molecule has 0 spiro atoms. The fourth-order valence-corrected chi connectivity index (χ4v) is 4.08. The van der Waals surface area contributed by atoms with Gasteiger partial charge in [-0.1, -0.05) is 18.2 Å². The zero-order valence-electron chi connectivity index (χ0n) is 15.6. The molecule has 3 heterocycles. The monoisotopic (exact) mass is 367 g/mol. The van der Waals surface area contributed by atoms with E-state index in [1.54, 1.807) is 11.0 Å². The first kappa shape index (κ1) is 17.8. The third-order valence-corrected chi connectivity index (χ3v) is 5.68. The van der Waals surface area contributed by atoms with Crippen molar-refractivity contribution < 1.29 is 14.0 Å². The van der Waals surface area contributed by atoms with Crippen molar-refractivity contribution in [2.24, 2.45) is 11.7 Å². The highest BCUT2D eigenvalue weighted by Crippen LogP contribution is 2.31. The molecule has 1 saturated heterocycles. The average Bonchev–Trinajstić information content (AvgIpc) is 3.26. The maximum atomic E-state index is 13.0. The Bertz CT molecular complexity index is 858. The third-order valence-electron chi connectivity index (χ3n) is 5.68. The van der Waals surface area contributed by atoms with Crippen molar-refractivity contribution in [3.05, 3.63) is 53.5 Å². The van der Waals surface area contributed by atoms with Crippen LogP contribution in [0.3, 0.4) is 0 Å². The number of amides is 2. The zero-order chi connectivity index (χ0) is 19.0. The molecule has 0 bridgehead atoms. The van der Waals surface area contributed by atoms with Crippen LogP contribution in [0.1, 0.15) is 41.4 Å². The lowest BCUT2D eigenvalue weighted by atomic mass is 9.92. The number of carbonyl (C=O) groups is 2. The summed E-state index contributed by atoms with van der Waals surface area (Å²) in [5, 5.41) is 0. The molecular weight excluding hydrogens is 342 g/mol. The van der Waals surface area contributed by atoms with Crippen molar-refractivity contribution in [3.63, 3.8) is 0 Å². The van der Waals surface area contributed by atoms with Crippen LogP contribution in [0.25, 0.3) is 0 Å². The number of nitrogens with two attached hydrogens (primary N) is 1. The molecule has 6 nitrogen and oxygen atoms in total. The summed E-state index contributed by atoms with van der Waals surface area (Å²) in [6.07, 6.45) is 3.93. The van der Waals surface area contributed by atoms with Gasteiger partial charge in [0.2, 0.25) is 5.91 Å². The second kappa shape index (κ2) is 7.19. The van der Waals surface area contributed by atoms with E-state index in [2.05, 4.69) is 0 Å². The Labute approximate surface area is 158 Å². The number of fused-ring (bicyclic) bond motifs is 1. The quantitative estimate of drug-likeness (QED) is 0.901. The topological polar surface area (TPSA) is 79.8 Å². The van der Waals surface area contributed by atoms with E-state index in [1.807, 2.05) is 36.1 Å². The Morgan fingerprint density at radius 3 is 2.96 bits per heavy atom. The number of anilines is 1. The standard InChI is InChI=1S/C21H25N3O3/c1-14(22)16-6-4-9-23(12-16)21(26)20-17(8-10-27-20)13-24-18-7-3-2-5-15(18)11-19(24)25/h2-3,5,7-8,10,14,16H,4,6,9,11-13,22H2,1H3. The smallest absolute Gasteiger partial charge is 0.289 e. The van der Waals surface area contributed by atoms with Gasteiger partial charge in [-0.2, -0.15) is 0 Å². The van der Waals surface area contributed by atoms with Gasteiger partial charge in [0.15, 0.2) is 5.76 Å². The fourth-order valence-electron chi connectivity index (χ4n) is 4.08. The van der Waals surface area contributed by atoms with Crippen molar-refractivity contribution in [2.75, 3.05) is 18.0 Å². The van der Waals surface area contributed by atoms with Crippen LogP contribution in [0, 0.1) is 5.92 Å². The molecule has 6 heteroatoms. The molecule has 1 fully saturated rings. The summed E-state index contributed by atoms with van der Waals surface area (Å²) in [6.45, 7) is 3.71. The molecular formula is C21H25N3O3. The van der Waals surface area contributed by atoms with Crippen LogP contribution in [0.15, 0.2) is 41.0 Å². The van der Waals surface area contributed by atoms with Gasteiger partial charge in [-0.25, -0.2) is 0 Å². The van der Waals surface area contributed by atoms with Crippen LogP contribution in [-0.4, -0.2) is 35.8 Å². The molecule has 1 aromatic carbocycles. The van der Waals surface area contributed by atoms with Gasteiger partial charge in [0, 0.05) is 30.4 Å². The van der Waals surface area contributed by atoms with Crippen LogP contribution in [0.5, 0.6) is 0 Å². The van der Waals surface area contributed by atoms with E-state index in [-0.39, 0.29) is 17.9 Å². The molecule has 142 valence electrons. The van der Waals surface area contributed by atoms with Crippen LogP contribution < -0.4 is 10.6 Å². The van der Waals surface area contributed by atoms with Gasteiger partial charge in [0.25, 0.3) is 5.91 Å². The summed E-state index contributed by atoms with van der Waals surface area (Å²) in [5.74, 6) is 0.580. The Morgan fingerprint density at radius 2 is 2.15 bits per heavy atom. The number of nitrogens with zero attached hydrogens (tertiary/aromatic N) is 2. The first-order valence-electron chi connectivity index (χ1n) is 9.54. The van der Waals surface area contributed by atoms with E-state index in [1.165, 1.54) is 6.26 Å². The second-order valence-corrected chi connectivity index (χ2v) is 7.57. The predicted octanol–water partition coefficient (Wildman–Crippen LogP) is 2.57. The van der Waals surface area contributed by atoms with Crippen LogP contribution in [0.2, 0.25) is 0 Å². The van der Waals surface area contributed by atoms with Crippen LogP contribution >= 0.6 is 0 Å². The minimum absolute atomic E-state index is 0.0470. The van der Waals surface area contributed by atoms with Crippen molar-refractivity contribution >= 4 is 17.5 Å². The Hall–Kier alpha value is -2.60. The highest BCUT2D eigenvalue weighted by atomic mass is 16.3. The normalized spacial score (nSPS) is 20.7. The molecule has 2 N–H and O–H groups in total. The highest BCUT2D eigenvalue weighted by Gasteiger charge is 2.32. The number of hydrogen-bond donors (Lipinski definition) is 1. The molecule has 2 amide bonds. The lowest BCUT2D eigenvalue weighted by Crippen LogP contribution is -2.45. The van der Waals surface area contributed by atoms with E-state index in [4.69, 9.17) is 10.2 Å². The number of piperidine rings is 1. The molecule has 4 rings (SSSR count). The first-order valence-corrected chi connectivity index (χ1v) is 9.54. The second-order valence-electron chi connectivity index (χ2n) is 7.57. The molecule has 0 radical (unpaired) electrons. The van der Waals surface area contributed by atoms with E-state index >= 15 is 0 Å². The number of rotatable bonds is 4. The number of hydrogen-bond acceptors (Lipinski definition) is 4. The number of likely N-dealkylation sites (tertiary alicyclic amines) is 1. The third kappa shape index (κ3) is 3.37. The van der Waals surface area contributed by atoms with Gasteiger partial charge >= 0.3 is 0 Å².